The van der Waals surface area contributed by atoms with Crippen LogP contribution in [0.25, 0.3) is 0 Å². The molecule has 0 aliphatic rings. The van der Waals surface area contributed by atoms with Crippen LogP contribution in [0.3, 0.4) is 0 Å². The minimum absolute atomic E-state index is 0.0460. The van der Waals surface area contributed by atoms with Gasteiger partial charge in [-0.1, -0.05) is 0 Å². The number of nitrogens with two attached hydrogens (primary N) is 1. The van der Waals surface area contributed by atoms with Crippen molar-refractivity contribution in [2.45, 2.75) is 6.92 Å². The monoisotopic (exact) mass is 272 g/mol. The van der Waals surface area contributed by atoms with Crippen LogP contribution in [-0.2, 0) is 0 Å². The Morgan fingerprint density at radius 1 is 1.11 bits per heavy atom. The van der Waals surface area contributed by atoms with Crippen molar-refractivity contribution in [1.29, 1.82) is 0 Å². The average Bonchev–Trinajstić information content (AvgIpc) is 2.36. The van der Waals surface area contributed by atoms with E-state index in [0.29, 0.717) is 5.56 Å². The molecule has 0 radical (unpaired) electrons. The molecule has 0 saturated heterocycles. The zero-order chi connectivity index (χ0) is 14.2. The number of hydrogen-bond donors (Lipinski definition) is 2. The molecule has 1 heterocycles. The summed E-state index contributed by atoms with van der Waals surface area (Å²) < 4.78 is 52.9. The van der Waals surface area contributed by atoms with E-state index < -0.39 is 29.0 Å². The van der Waals surface area contributed by atoms with Crippen molar-refractivity contribution < 1.29 is 17.6 Å². The summed E-state index contributed by atoms with van der Waals surface area (Å²) in [5.41, 5.74) is 4.75. The summed E-state index contributed by atoms with van der Waals surface area (Å²) in [6.07, 6.45) is 1.30. The highest BCUT2D eigenvalue weighted by Crippen LogP contribution is 2.27. The zero-order valence-electron chi connectivity index (χ0n) is 9.64. The molecule has 0 saturated carbocycles. The molecule has 0 bridgehead atoms. The van der Waals surface area contributed by atoms with Crippen LogP contribution in [-0.4, -0.2) is 9.97 Å². The largest absolute Gasteiger partial charge is 0.368 e. The predicted octanol–water partition coefficient (Wildman–Crippen LogP) is 2.67. The second kappa shape index (κ2) is 4.71. The molecule has 2 aromatic rings. The molecule has 0 atom stereocenters. The third kappa shape index (κ3) is 2.42. The number of anilines is 3. The van der Waals surface area contributed by atoms with Gasteiger partial charge in [-0.3, -0.25) is 0 Å². The summed E-state index contributed by atoms with van der Waals surface area (Å²) in [5.74, 6) is -6.31. The van der Waals surface area contributed by atoms with Gasteiger partial charge in [0.05, 0.1) is 0 Å². The highest BCUT2D eigenvalue weighted by atomic mass is 19.2. The van der Waals surface area contributed by atoms with E-state index in [1.807, 2.05) is 0 Å². The number of aromatic nitrogens is 2. The van der Waals surface area contributed by atoms with Gasteiger partial charge in [0.1, 0.15) is 11.5 Å². The van der Waals surface area contributed by atoms with Crippen LogP contribution in [0.5, 0.6) is 0 Å². The summed E-state index contributed by atoms with van der Waals surface area (Å²) in [5, 5.41) is 2.17. The van der Waals surface area contributed by atoms with Gasteiger partial charge in [0.2, 0.25) is 5.95 Å². The maximum absolute atomic E-state index is 13.4. The number of nitrogens with one attached hydrogen (secondary N) is 1. The normalized spacial score (nSPS) is 10.6. The van der Waals surface area contributed by atoms with Crippen molar-refractivity contribution >= 4 is 17.5 Å². The van der Waals surface area contributed by atoms with Crippen molar-refractivity contribution in [2.75, 3.05) is 11.1 Å². The fourth-order valence-electron chi connectivity index (χ4n) is 1.38. The number of nitrogen functional groups attached to an aromatic ring is 1. The van der Waals surface area contributed by atoms with Gasteiger partial charge in [-0.15, -0.1) is 0 Å². The van der Waals surface area contributed by atoms with Gasteiger partial charge in [0.25, 0.3) is 0 Å². The standard InChI is InChI=1S/C11H8F4N4/c1-4-3-17-11(16)19-10(4)18-9-7(14)5(12)2-6(13)8(9)15/h2-3H,1H3,(H3,16,17,18,19). The van der Waals surface area contributed by atoms with E-state index in [1.54, 1.807) is 0 Å². The highest BCUT2D eigenvalue weighted by molar-refractivity contribution is 5.61. The Morgan fingerprint density at radius 3 is 2.26 bits per heavy atom. The number of hydrogen-bond acceptors (Lipinski definition) is 4. The van der Waals surface area contributed by atoms with Gasteiger partial charge in [-0.05, 0) is 6.92 Å². The molecule has 2 rings (SSSR count). The van der Waals surface area contributed by atoms with E-state index in [4.69, 9.17) is 5.73 Å². The first-order chi connectivity index (χ1) is 8.90. The minimum Gasteiger partial charge on any atom is -0.368 e. The quantitative estimate of drug-likeness (QED) is 0.651. The van der Waals surface area contributed by atoms with E-state index in [9.17, 15) is 17.6 Å². The van der Waals surface area contributed by atoms with E-state index >= 15 is 0 Å². The van der Waals surface area contributed by atoms with Gasteiger partial charge in [0.15, 0.2) is 23.3 Å². The molecule has 19 heavy (non-hydrogen) atoms. The predicted molar refractivity (Wildman–Crippen MR) is 60.7 cm³/mol. The lowest BCUT2D eigenvalue weighted by molar-refractivity contribution is 0.459. The first kappa shape index (κ1) is 13.1. The third-order valence-corrected chi connectivity index (χ3v) is 2.35. The van der Waals surface area contributed by atoms with E-state index in [0.717, 1.165) is 0 Å². The van der Waals surface area contributed by atoms with Gasteiger partial charge in [0, 0.05) is 17.8 Å². The molecule has 100 valence electrons. The molecular formula is C11H8F4N4. The van der Waals surface area contributed by atoms with Gasteiger partial charge < -0.3 is 11.1 Å². The highest BCUT2D eigenvalue weighted by Gasteiger charge is 2.20. The summed E-state index contributed by atoms with van der Waals surface area (Å²) in [6.45, 7) is 1.53. The molecule has 1 aromatic heterocycles. The van der Waals surface area contributed by atoms with Crippen LogP contribution in [0.1, 0.15) is 5.56 Å². The summed E-state index contributed by atoms with van der Waals surface area (Å²) in [7, 11) is 0. The zero-order valence-corrected chi connectivity index (χ0v) is 9.64. The Labute approximate surface area is 105 Å². The molecule has 8 heteroatoms. The summed E-state index contributed by atoms with van der Waals surface area (Å²) in [6, 6.07) is 0.122. The lowest BCUT2D eigenvalue weighted by atomic mass is 10.2. The first-order valence-electron chi connectivity index (χ1n) is 5.09. The molecule has 1 aromatic carbocycles. The maximum Gasteiger partial charge on any atom is 0.221 e. The Hall–Kier alpha value is -2.38. The van der Waals surface area contributed by atoms with Crippen molar-refractivity contribution in [2.24, 2.45) is 0 Å². The molecule has 4 nitrogen and oxygen atoms in total. The molecular weight excluding hydrogens is 264 g/mol. The van der Waals surface area contributed by atoms with Crippen LogP contribution < -0.4 is 11.1 Å². The van der Waals surface area contributed by atoms with Gasteiger partial charge >= 0.3 is 0 Å². The summed E-state index contributed by atoms with van der Waals surface area (Å²) in [4.78, 5) is 7.34. The molecule has 0 amide bonds. The van der Waals surface area contributed by atoms with Crippen LogP contribution in [0.2, 0.25) is 0 Å². The van der Waals surface area contributed by atoms with Crippen LogP contribution in [0.4, 0.5) is 35.0 Å². The number of aryl methyl sites for hydroxylation is 1. The Bertz CT molecular complexity index is 619. The molecule has 0 aliphatic carbocycles. The van der Waals surface area contributed by atoms with Crippen LogP contribution in [0, 0.1) is 30.2 Å². The van der Waals surface area contributed by atoms with Gasteiger partial charge in [-0.2, -0.15) is 4.98 Å². The summed E-state index contributed by atoms with van der Waals surface area (Å²) >= 11 is 0. The molecule has 0 unspecified atom stereocenters. The minimum atomic E-state index is -1.55. The lowest BCUT2D eigenvalue weighted by Crippen LogP contribution is -2.07. The SMILES string of the molecule is Cc1cnc(N)nc1Nc1c(F)c(F)cc(F)c1F. The van der Waals surface area contributed by atoms with Crippen molar-refractivity contribution in [1.82, 2.24) is 9.97 Å². The Kier molecular flexibility index (Phi) is 3.24. The number of nitrogens with zero attached hydrogens (tertiary/aromatic N) is 2. The van der Waals surface area contributed by atoms with Crippen LogP contribution in [0.15, 0.2) is 12.3 Å². The number of halogens is 4. The van der Waals surface area contributed by atoms with Crippen molar-refractivity contribution in [3.05, 3.63) is 41.1 Å². The number of rotatable bonds is 2. The fraction of sp³-hybridized carbons (Fsp3) is 0.0909. The molecule has 0 aliphatic heterocycles. The average molecular weight is 272 g/mol. The third-order valence-electron chi connectivity index (χ3n) is 2.35. The Morgan fingerprint density at radius 2 is 1.68 bits per heavy atom. The van der Waals surface area contributed by atoms with Crippen molar-refractivity contribution in [3.8, 4) is 0 Å². The second-order valence-electron chi connectivity index (χ2n) is 3.73. The Balaban J connectivity index is 2.52. The molecule has 0 fully saturated rings. The molecule has 3 N–H and O–H groups in total. The topological polar surface area (TPSA) is 63.8 Å². The fourth-order valence-corrected chi connectivity index (χ4v) is 1.38. The van der Waals surface area contributed by atoms with E-state index in [-0.39, 0.29) is 17.8 Å². The van der Waals surface area contributed by atoms with E-state index in [2.05, 4.69) is 15.3 Å². The first-order valence-corrected chi connectivity index (χ1v) is 5.09. The van der Waals surface area contributed by atoms with E-state index in [1.165, 1.54) is 13.1 Å². The van der Waals surface area contributed by atoms with Crippen LogP contribution >= 0.6 is 0 Å². The van der Waals surface area contributed by atoms with Gasteiger partial charge in [-0.25, -0.2) is 22.5 Å². The lowest BCUT2D eigenvalue weighted by Gasteiger charge is -2.11. The molecule has 0 spiro atoms. The maximum atomic E-state index is 13.4. The smallest absolute Gasteiger partial charge is 0.221 e. The number of benzene rings is 1. The second-order valence-corrected chi connectivity index (χ2v) is 3.73. The van der Waals surface area contributed by atoms with Crippen molar-refractivity contribution in [3.63, 3.8) is 0 Å².